The van der Waals surface area contributed by atoms with Crippen molar-refractivity contribution in [3.05, 3.63) is 119 Å². The molecule has 0 aliphatic heterocycles. The Morgan fingerprint density at radius 1 is 0.854 bits per heavy atom. The molecular weight excluding hydrogens is 560 g/mol. The first kappa shape index (κ1) is 29.8. The van der Waals surface area contributed by atoms with Crippen LogP contribution in [0, 0.1) is 0 Å². The number of rotatable bonds is 9. The van der Waals surface area contributed by atoms with Gasteiger partial charge in [-0.2, -0.15) is 0 Å². The lowest BCUT2D eigenvalue weighted by molar-refractivity contribution is -0.114. The van der Waals surface area contributed by atoms with Crippen molar-refractivity contribution in [2.75, 3.05) is 23.3 Å². The standard InChI is InChI=1S/C32H31ClN2O5S/c1-32(2,3)24-10-8-22(9-11-24)31(37)23-6-5-7-26(20-23)34-30(36)21-35(27-14-12-25(33)13-15-27)41(38,39)29-18-16-28(40-4)17-19-29/h5-20H,21H2,1-4H3,(H,34,36). The van der Waals surface area contributed by atoms with E-state index >= 15 is 0 Å². The average Bonchev–Trinajstić information content (AvgIpc) is 2.96. The SMILES string of the molecule is COc1ccc(S(=O)(=O)N(CC(=O)Nc2cccc(C(=O)c3ccc(C(C)(C)C)cc3)c2)c2ccc(Cl)cc2)cc1. The number of anilines is 2. The van der Waals surface area contributed by atoms with Crippen molar-refractivity contribution in [2.45, 2.75) is 31.1 Å². The monoisotopic (exact) mass is 590 g/mol. The predicted octanol–water partition coefficient (Wildman–Crippen LogP) is 6.71. The summed E-state index contributed by atoms with van der Waals surface area (Å²) in [5.41, 5.74) is 2.64. The average molecular weight is 591 g/mol. The Morgan fingerprint density at radius 3 is 2.07 bits per heavy atom. The molecule has 9 heteroatoms. The molecule has 0 aliphatic rings. The minimum absolute atomic E-state index is 0.00822. The Hall–Kier alpha value is -4.14. The number of nitrogens with one attached hydrogen (secondary N) is 1. The van der Waals surface area contributed by atoms with Crippen LogP contribution < -0.4 is 14.4 Å². The van der Waals surface area contributed by atoms with Gasteiger partial charge in [0.25, 0.3) is 10.0 Å². The molecule has 0 radical (unpaired) electrons. The molecule has 0 unspecified atom stereocenters. The number of amides is 1. The van der Waals surface area contributed by atoms with E-state index in [9.17, 15) is 18.0 Å². The van der Waals surface area contributed by atoms with Crippen LogP contribution in [0.5, 0.6) is 5.75 Å². The Labute approximate surface area is 245 Å². The van der Waals surface area contributed by atoms with Gasteiger partial charge in [0, 0.05) is 21.8 Å². The minimum atomic E-state index is -4.13. The Morgan fingerprint density at radius 2 is 1.49 bits per heavy atom. The fourth-order valence-electron chi connectivity index (χ4n) is 4.15. The van der Waals surface area contributed by atoms with Gasteiger partial charge < -0.3 is 10.1 Å². The number of carbonyl (C=O) groups excluding carboxylic acids is 2. The van der Waals surface area contributed by atoms with Crippen LogP contribution >= 0.6 is 11.6 Å². The van der Waals surface area contributed by atoms with E-state index in [0.717, 1.165) is 9.87 Å². The highest BCUT2D eigenvalue weighted by atomic mass is 35.5. The Bertz CT molecular complexity index is 1640. The molecule has 0 fully saturated rings. The number of nitrogens with zero attached hydrogens (tertiary/aromatic N) is 1. The third-order valence-corrected chi connectivity index (χ3v) is 8.51. The van der Waals surface area contributed by atoms with Crippen LogP contribution in [0.1, 0.15) is 42.3 Å². The summed E-state index contributed by atoms with van der Waals surface area (Å²) in [7, 11) is -2.65. The van der Waals surface area contributed by atoms with Crippen molar-refractivity contribution in [1.29, 1.82) is 0 Å². The molecule has 4 aromatic rings. The molecular formula is C32H31ClN2O5S. The summed E-state index contributed by atoms with van der Waals surface area (Å²) in [4.78, 5) is 26.3. The fourth-order valence-corrected chi connectivity index (χ4v) is 5.70. The highest BCUT2D eigenvalue weighted by Gasteiger charge is 2.27. The van der Waals surface area contributed by atoms with Gasteiger partial charge in [-0.25, -0.2) is 8.42 Å². The van der Waals surface area contributed by atoms with Crippen LogP contribution in [0.15, 0.2) is 102 Å². The summed E-state index contributed by atoms with van der Waals surface area (Å²) < 4.78 is 33.4. The molecule has 0 saturated heterocycles. The molecule has 7 nitrogen and oxygen atoms in total. The van der Waals surface area contributed by atoms with Gasteiger partial charge in [-0.05, 0) is 71.6 Å². The first-order valence-corrected chi connectivity index (χ1v) is 14.7. The second-order valence-electron chi connectivity index (χ2n) is 10.4. The van der Waals surface area contributed by atoms with Crippen LogP contribution in [0.4, 0.5) is 11.4 Å². The molecule has 0 bridgehead atoms. The van der Waals surface area contributed by atoms with E-state index in [1.165, 1.54) is 43.5 Å². The quantitative estimate of drug-likeness (QED) is 0.219. The van der Waals surface area contributed by atoms with Gasteiger partial charge in [0.05, 0.1) is 17.7 Å². The summed E-state index contributed by atoms with van der Waals surface area (Å²) >= 11 is 6.02. The van der Waals surface area contributed by atoms with E-state index in [-0.39, 0.29) is 21.8 Å². The zero-order chi connectivity index (χ0) is 29.8. The zero-order valence-electron chi connectivity index (χ0n) is 23.2. The lowest BCUT2D eigenvalue weighted by Crippen LogP contribution is -2.38. The summed E-state index contributed by atoms with van der Waals surface area (Å²) in [5.74, 6) is -0.276. The molecule has 0 heterocycles. The van der Waals surface area contributed by atoms with Crippen LogP contribution in [0.3, 0.4) is 0 Å². The number of benzene rings is 4. The first-order chi connectivity index (χ1) is 19.4. The van der Waals surface area contributed by atoms with E-state index in [1.807, 2.05) is 12.1 Å². The van der Waals surface area contributed by atoms with Crippen molar-refractivity contribution in [3.8, 4) is 5.75 Å². The fraction of sp³-hybridized carbons (Fsp3) is 0.188. The maximum atomic E-state index is 13.6. The first-order valence-electron chi connectivity index (χ1n) is 12.9. The van der Waals surface area contributed by atoms with E-state index in [1.54, 1.807) is 48.5 Å². The summed E-state index contributed by atoms with van der Waals surface area (Å²) in [6, 6.07) is 26.1. The molecule has 1 amide bonds. The third-order valence-electron chi connectivity index (χ3n) is 6.47. The Kier molecular flexibility index (Phi) is 8.85. The van der Waals surface area contributed by atoms with E-state index in [0.29, 0.717) is 27.6 Å². The summed E-state index contributed by atoms with van der Waals surface area (Å²) in [5, 5.41) is 3.15. The van der Waals surface area contributed by atoms with Crippen molar-refractivity contribution in [1.82, 2.24) is 0 Å². The van der Waals surface area contributed by atoms with Gasteiger partial charge in [0.2, 0.25) is 5.91 Å². The van der Waals surface area contributed by atoms with E-state index in [4.69, 9.17) is 16.3 Å². The molecule has 0 atom stereocenters. The Balaban J connectivity index is 1.56. The number of hydrogen-bond donors (Lipinski definition) is 1. The van der Waals surface area contributed by atoms with Gasteiger partial charge >= 0.3 is 0 Å². The molecule has 0 saturated carbocycles. The maximum Gasteiger partial charge on any atom is 0.264 e. The van der Waals surface area contributed by atoms with E-state index < -0.39 is 22.5 Å². The third kappa shape index (κ3) is 7.14. The lowest BCUT2D eigenvalue weighted by atomic mass is 9.86. The second-order valence-corrected chi connectivity index (χ2v) is 12.7. The molecule has 4 aromatic carbocycles. The zero-order valence-corrected chi connectivity index (χ0v) is 24.8. The second kappa shape index (κ2) is 12.2. The van der Waals surface area contributed by atoms with Crippen molar-refractivity contribution < 1.29 is 22.7 Å². The number of methoxy groups -OCH3 is 1. The van der Waals surface area contributed by atoms with Gasteiger partial charge in [0.1, 0.15) is 12.3 Å². The summed E-state index contributed by atoms with van der Waals surface area (Å²) in [6.07, 6.45) is 0. The van der Waals surface area contributed by atoms with Crippen molar-refractivity contribution >= 4 is 44.7 Å². The van der Waals surface area contributed by atoms with Crippen LogP contribution in [0.2, 0.25) is 5.02 Å². The normalized spacial score (nSPS) is 11.5. The van der Waals surface area contributed by atoms with E-state index in [2.05, 4.69) is 26.1 Å². The van der Waals surface area contributed by atoms with Gasteiger partial charge in [-0.1, -0.05) is 68.8 Å². The largest absolute Gasteiger partial charge is 0.497 e. The maximum absolute atomic E-state index is 13.6. The summed E-state index contributed by atoms with van der Waals surface area (Å²) in [6.45, 7) is 5.80. The molecule has 4 rings (SSSR count). The predicted molar refractivity (Wildman–Crippen MR) is 163 cm³/mol. The van der Waals surface area contributed by atoms with Crippen LogP contribution in [0.25, 0.3) is 0 Å². The van der Waals surface area contributed by atoms with Crippen LogP contribution in [-0.2, 0) is 20.2 Å². The molecule has 0 aromatic heterocycles. The van der Waals surface area contributed by atoms with Crippen molar-refractivity contribution in [3.63, 3.8) is 0 Å². The van der Waals surface area contributed by atoms with Crippen molar-refractivity contribution in [2.24, 2.45) is 0 Å². The molecule has 41 heavy (non-hydrogen) atoms. The molecule has 1 N–H and O–H groups in total. The number of halogens is 1. The van der Waals surface area contributed by atoms with Gasteiger partial charge in [-0.3, -0.25) is 13.9 Å². The number of sulfonamides is 1. The van der Waals surface area contributed by atoms with Gasteiger partial charge in [-0.15, -0.1) is 0 Å². The topological polar surface area (TPSA) is 92.8 Å². The molecule has 0 spiro atoms. The highest BCUT2D eigenvalue weighted by molar-refractivity contribution is 7.92. The number of hydrogen-bond acceptors (Lipinski definition) is 5. The molecule has 0 aliphatic carbocycles. The number of ether oxygens (including phenoxy) is 1. The van der Waals surface area contributed by atoms with Gasteiger partial charge in [0.15, 0.2) is 5.78 Å². The number of ketones is 1. The molecule has 212 valence electrons. The smallest absolute Gasteiger partial charge is 0.264 e. The number of carbonyl (C=O) groups is 2. The minimum Gasteiger partial charge on any atom is -0.497 e. The lowest BCUT2D eigenvalue weighted by Gasteiger charge is -2.24. The highest BCUT2D eigenvalue weighted by Crippen LogP contribution is 2.27. The van der Waals surface area contributed by atoms with Crippen LogP contribution in [-0.4, -0.2) is 33.8 Å².